The van der Waals surface area contributed by atoms with Crippen LogP contribution in [-0.4, -0.2) is 0 Å². The second-order valence-corrected chi connectivity index (χ2v) is 16.6. The van der Waals surface area contributed by atoms with Gasteiger partial charge in [0.1, 0.15) is 11.5 Å². The van der Waals surface area contributed by atoms with E-state index < -0.39 is 10.8 Å². The highest BCUT2D eigenvalue weighted by Crippen LogP contribution is 2.66. The second kappa shape index (κ2) is 11.1. The molecule has 2 spiro atoms. The van der Waals surface area contributed by atoms with Crippen molar-refractivity contribution in [1.29, 1.82) is 0 Å². The predicted molar refractivity (Wildman–Crippen MR) is 241 cm³/mol. The summed E-state index contributed by atoms with van der Waals surface area (Å²) in [7, 11) is 0. The third-order valence-electron chi connectivity index (χ3n) is 14.1. The van der Waals surface area contributed by atoms with Crippen LogP contribution in [0.25, 0.3) is 66.1 Å². The Morgan fingerprint density at radius 2 is 0.712 bits per heavy atom. The molecule has 1 aliphatic heterocycles. The SMILES string of the molecule is c1ccc2c(c1)-c1ccccc1C21c2cc(-c3ccc4c(c3)-c3ccccc3C43c4ccccc4-c4ccc5ccccc5c43)ccc2Oc2ccc3ccccc3c21. The monoisotopic (exact) mass is 746 g/mol. The van der Waals surface area contributed by atoms with Gasteiger partial charge in [-0.1, -0.05) is 182 Å². The fourth-order valence-electron chi connectivity index (χ4n) is 12.0. The Kier molecular flexibility index (Phi) is 5.96. The first kappa shape index (κ1) is 31.6. The Labute approximate surface area is 342 Å². The molecule has 0 amide bonds. The largest absolute Gasteiger partial charge is 0.457 e. The molecular formula is C58H34O. The zero-order valence-corrected chi connectivity index (χ0v) is 32.0. The zero-order valence-electron chi connectivity index (χ0n) is 32.0. The van der Waals surface area contributed by atoms with Gasteiger partial charge in [0.25, 0.3) is 0 Å². The van der Waals surface area contributed by atoms with Crippen LogP contribution in [0, 0.1) is 0 Å². The summed E-state index contributed by atoms with van der Waals surface area (Å²) in [6, 6.07) is 77.2. The van der Waals surface area contributed by atoms with Crippen LogP contribution < -0.4 is 4.74 Å². The highest BCUT2D eigenvalue weighted by Gasteiger charge is 2.54. The van der Waals surface area contributed by atoms with Crippen LogP contribution in [0.2, 0.25) is 0 Å². The molecule has 0 saturated heterocycles. The maximum atomic E-state index is 6.98. The van der Waals surface area contributed by atoms with E-state index in [9.17, 15) is 0 Å². The van der Waals surface area contributed by atoms with Crippen LogP contribution in [0.4, 0.5) is 0 Å². The van der Waals surface area contributed by atoms with Crippen molar-refractivity contribution in [2.75, 3.05) is 0 Å². The van der Waals surface area contributed by atoms with Crippen molar-refractivity contribution in [1.82, 2.24) is 0 Å². The quantitative estimate of drug-likeness (QED) is 0.163. The van der Waals surface area contributed by atoms with Gasteiger partial charge >= 0.3 is 0 Å². The first-order valence-corrected chi connectivity index (χ1v) is 20.7. The molecule has 59 heavy (non-hydrogen) atoms. The van der Waals surface area contributed by atoms with E-state index in [4.69, 9.17) is 4.74 Å². The van der Waals surface area contributed by atoms with Gasteiger partial charge in [-0.15, -0.1) is 0 Å². The first-order valence-electron chi connectivity index (χ1n) is 20.7. The summed E-state index contributed by atoms with van der Waals surface area (Å²) >= 11 is 0. The van der Waals surface area contributed by atoms with Gasteiger partial charge in [-0.3, -0.25) is 0 Å². The van der Waals surface area contributed by atoms with Crippen molar-refractivity contribution in [3.05, 3.63) is 251 Å². The lowest BCUT2D eigenvalue weighted by atomic mass is 9.64. The highest BCUT2D eigenvalue weighted by atomic mass is 16.5. The number of hydrogen-bond acceptors (Lipinski definition) is 1. The maximum Gasteiger partial charge on any atom is 0.132 e. The molecule has 1 nitrogen and oxygen atoms in total. The summed E-state index contributed by atoms with van der Waals surface area (Å²) in [4.78, 5) is 0. The molecule has 10 aromatic carbocycles. The molecule has 10 aromatic rings. The molecular weight excluding hydrogens is 713 g/mol. The number of benzene rings is 10. The minimum Gasteiger partial charge on any atom is -0.457 e. The van der Waals surface area contributed by atoms with Gasteiger partial charge in [0.15, 0.2) is 0 Å². The maximum absolute atomic E-state index is 6.98. The number of hydrogen-bond donors (Lipinski definition) is 0. The summed E-state index contributed by atoms with van der Waals surface area (Å²) in [5.41, 5.74) is 19.7. The van der Waals surface area contributed by atoms with Gasteiger partial charge in [0, 0.05) is 11.1 Å². The number of ether oxygens (including phenoxy) is 1. The fraction of sp³-hybridized carbons (Fsp3) is 0.0345. The Morgan fingerprint density at radius 3 is 1.36 bits per heavy atom. The first-order chi connectivity index (χ1) is 29.3. The number of fused-ring (bicyclic) bond motifs is 23. The summed E-state index contributed by atoms with van der Waals surface area (Å²) < 4.78 is 6.98. The Bertz CT molecular complexity index is 3450. The molecule has 1 heterocycles. The molecule has 272 valence electrons. The lowest BCUT2D eigenvalue weighted by molar-refractivity contribution is 0.438. The lowest BCUT2D eigenvalue weighted by Gasteiger charge is -2.40. The van der Waals surface area contributed by atoms with Gasteiger partial charge in [0.2, 0.25) is 0 Å². The van der Waals surface area contributed by atoms with Gasteiger partial charge in [0.05, 0.1) is 10.8 Å². The smallest absolute Gasteiger partial charge is 0.132 e. The standard InChI is InChI=1S/C58H34O/c1-3-15-39-35(13-1)25-29-45-43-19-7-11-23-49(43)57(55(39)45)50-24-12-8-20-44(50)46-33-37(26-30-51(46)57)38-28-31-53-52(34-38)58(56-40-16-4-2-14-36(40)27-32-54(56)59-53)47-21-9-5-17-41(47)42-18-6-10-22-48(42)58/h1-34H. The summed E-state index contributed by atoms with van der Waals surface area (Å²) in [6.45, 7) is 0. The van der Waals surface area contributed by atoms with Crippen molar-refractivity contribution >= 4 is 21.5 Å². The minimum absolute atomic E-state index is 0.424. The van der Waals surface area contributed by atoms with Crippen molar-refractivity contribution in [3.63, 3.8) is 0 Å². The van der Waals surface area contributed by atoms with E-state index in [1.54, 1.807) is 0 Å². The van der Waals surface area contributed by atoms with Gasteiger partial charge in [-0.05, 0) is 124 Å². The van der Waals surface area contributed by atoms with Crippen LogP contribution >= 0.6 is 0 Å². The minimum atomic E-state index is -0.571. The summed E-state index contributed by atoms with van der Waals surface area (Å²) in [5.74, 6) is 1.82. The molecule has 4 aliphatic rings. The average molecular weight is 747 g/mol. The van der Waals surface area contributed by atoms with Crippen LogP contribution in [-0.2, 0) is 10.8 Å². The van der Waals surface area contributed by atoms with Crippen molar-refractivity contribution in [2.24, 2.45) is 0 Å². The van der Waals surface area contributed by atoms with E-state index in [1.165, 1.54) is 111 Å². The van der Waals surface area contributed by atoms with Crippen molar-refractivity contribution in [3.8, 4) is 56.0 Å². The molecule has 1 heteroatoms. The van der Waals surface area contributed by atoms with E-state index in [2.05, 4.69) is 206 Å². The highest BCUT2D eigenvalue weighted by molar-refractivity contribution is 6.04. The third-order valence-corrected chi connectivity index (χ3v) is 14.1. The molecule has 0 fully saturated rings. The van der Waals surface area contributed by atoms with E-state index in [0.29, 0.717) is 0 Å². The molecule has 0 saturated carbocycles. The van der Waals surface area contributed by atoms with E-state index >= 15 is 0 Å². The Balaban J connectivity index is 1.04. The van der Waals surface area contributed by atoms with Crippen LogP contribution in [0.1, 0.15) is 44.5 Å². The molecule has 1 unspecified atom stereocenters. The lowest BCUT2D eigenvalue weighted by Crippen LogP contribution is -2.32. The van der Waals surface area contributed by atoms with E-state index in [1.807, 2.05) is 0 Å². The molecule has 0 bridgehead atoms. The molecule has 3 aliphatic carbocycles. The van der Waals surface area contributed by atoms with E-state index in [-0.39, 0.29) is 0 Å². The zero-order chi connectivity index (χ0) is 38.5. The van der Waals surface area contributed by atoms with Gasteiger partial charge in [-0.2, -0.15) is 0 Å². The average Bonchev–Trinajstić information content (AvgIpc) is 3.89. The molecule has 0 radical (unpaired) electrons. The van der Waals surface area contributed by atoms with Gasteiger partial charge < -0.3 is 4.74 Å². The van der Waals surface area contributed by atoms with Gasteiger partial charge in [-0.25, -0.2) is 0 Å². The van der Waals surface area contributed by atoms with Crippen LogP contribution in [0.5, 0.6) is 11.5 Å². The molecule has 0 aromatic heterocycles. The van der Waals surface area contributed by atoms with Crippen LogP contribution in [0.15, 0.2) is 206 Å². The van der Waals surface area contributed by atoms with Crippen molar-refractivity contribution < 1.29 is 4.74 Å². The Morgan fingerprint density at radius 1 is 0.271 bits per heavy atom. The van der Waals surface area contributed by atoms with E-state index in [0.717, 1.165) is 11.5 Å². The second-order valence-electron chi connectivity index (χ2n) is 16.6. The predicted octanol–water partition coefficient (Wildman–Crippen LogP) is 14.5. The molecule has 14 rings (SSSR count). The Hall–Kier alpha value is -7.48. The molecule has 1 atom stereocenters. The molecule has 0 N–H and O–H groups in total. The number of rotatable bonds is 1. The van der Waals surface area contributed by atoms with Crippen LogP contribution in [0.3, 0.4) is 0 Å². The summed E-state index contributed by atoms with van der Waals surface area (Å²) in [5, 5.41) is 5.02. The van der Waals surface area contributed by atoms with Crippen molar-refractivity contribution in [2.45, 2.75) is 10.8 Å². The topological polar surface area (TPSA) is 9.23 Å². The normalized spacial score (nSPS) is 16.5. The summed E-state index contributed by atoms with van der Waals surface area (Å²) in [6.07, 6.45) is 0. The fourth-order valence-corrected chi connectivity index (χ4v) is 12.0. The third kappa shape index (κ3) is 3.73.